The van der Waals surface area contributed by atoms with Gasteiger partial charge in [0.2, 0.25) is 5.76 Å². The van der Waals surface area contributed by atoms with Crippen molar-refractivity contribution < 1.29 is 18.7 Å². The second-order valence-corrected chi connectivity index (χ2v) is 6.67. The van der Waals surface area contributed by atoms with Crippen LogP contribution in [0.25, 0.3) is 16.6 Å². The first-order valence-corrected chi connectivity index (χ1v) is 9.29. The Labute approximate surface area is 166 Å². The van der Waals surface area contributed by atoms with Crippen LogP contribution in [-0.2, 0) is 11.3 Å². The average Bonchev–Trinajstić information content (AvgIpc) is 3.02. The number of pyridine rings is 1. The van der Waals surface area contributed by atoms with Gasteiger partial charge in [-0.15, -0.1) is 0 Å². The van der Waals surface area contributed by atoms with Crippen molar-refractivity contribution in [2.24, 2.45) is 0 Å². The van der Waals surface area contributed by atoms with Crippen molar-refractivity contribution in [2.75, 3.05) is 6.61 Å². The Balaban J connectivity index is 1.58. The molecule has 0 N–H and O–H groups in total. The molecule has 0 unspecified atom stereocenters. The Morgan fingerprint density at radius 3 is 2.79 bits per heavy atom. The summed E-state index contributed by atoms with van der Waals surface area (Å²) in [7, 11) is 0. The maximum atomic E-state index is 12.6. The molecule has 4 rings (SSSR count). The SMILES string of the molecule is CCOc1ccc2oc(C(=O)OCc3cc(=O)n4c(C)cccc4n3)c(C)c2c1. The number of hydrogen-bond acceptors (Lipinski definition) is 6. The maximum Gasteiger partial charge on any atom is 0.374 e. The number of benzene rings is 1. The Bertz CT molecular complexity index is 1290. The first-order chi connectivity index (χ1) is 14.0. The highest BCUT2D eigenvalue weighted by molar-refractivity contribution is 5.96. The van der Waals surface area contributed by atoms with Gasteiger partial charge in [0, 0.05) is 22.7 Å². The molecule has 0 fully saturated rings. The van der Waals surface area contributed by atoms with Crippen LogP contribution in [0, 0.1) is 13.8 Å². The Morgan fingerprint density at radius 2 is 2.00 bits per heavy atom. The fourth-order valence-corrected chi connectivity index (χ4v) is 3.29. The van der Waals surface area contributed by atoms with Crippen LogP contribution in [0.4, 0.5) is 0 Å². The summed E-state index contributed by atoms with van der Waals surface area (Å²) in [6, 6.07) is 12.1. The third-order valence-corrected chi connectivity index (χ3v) is 4.69. The summed E-state index contributed by atoms with van der Waals surface area (Å²) in [6.45, 7) is 5.95. The molecule has 0 aliphatic rings. The highest BCUT2D eigenvalue weighted by Gasteiger charge is 2.20. The van der Waals surface area contributed by atoms with Gasteiger partial charge in [-0.05, 0) is 51.1 Å². The average molecular weight is 392 g/mol. The molecule has 0 radical (unpaired) electrons. The lowest BCUT2D eigenvalue weighted by molar-refractivity contribution is 0.0432. The first kappa shape index (κ1) is 18.7. The van der Waals surface area contributed by atoms with Gasteiger partial charge in [0.1, 0.15) is 23.6 Å². The van der Waals surface area contributed by atoms with E-state index in [1.54, 1.807) is 25.1 Å². The summed E-state index contributed by atoms with van der Waals surface area (Å²) in [6.07, 6.45) is 0. The zero-order chi connectivity index (χ0) is 20.5. The van der Waals surface area contributed by atoms with Crippen LogP contribution in [0.5, 0.6) is 5.75 Å². The molecule has 7 nitrogen and oxygen atoms in total. The molecule has 29 heavy (non-hydrogen) atoms. The molecular formula is C22H20N2O5. The van der Waals surface area contributed by atoms with Crippen LogP contribution in [0.3, 0.4) is 0 Å². The van der Waals surface area contributed by atoms with Gasteiger partial charge in [-0.1, -0.05) is 6.07 Å². The first-order valence-electron chi connectivity index (χ1n) is 9.29. The lowest BCUT2D eigenvalue weighted by Gasteiger charge is -2.07. The van der Waals surface area contributed by atoms with Crippen LogP contribution >= 0.6 is 0 Å². The van der Waals surface area contributed by atoms with Gasteiger partial charge in [-0.2, -0.15) is 0 Å². The largest absolute Gasteiger partial charge is 0.494 e. The van der Waals surface area contributed by atoms with Crippen LogP contribution in [0.2, 0.25) is 0 Å². The van der Waals surface area contributed by atoms with E-state index in [0.29, 0.717) is 34.8 Å². The molecule has 0 spiro atoms. The lowest BCUT2D eigenvalue weighted by atomic mass is 10.1. The topological polar surface area (TPSA) is 83.0 Å². The van der Waals surface area contributed by atoms with Gasteiger partial charge in [0.15, 0.2) is 0 Å². The molecule has 1 aromatic carbocycles. The van der Waals surface area contributed by atoms with E-state index in [-0.39, 0.29) is 17.9 Å². The van der Waals surface area contributed by atoms with Crippen LogP contribution < -0.4 is 10.3 Å². The van der Waals surface area contributed by atoms with E-state index in [1.165, 1.54) is 10.5 Å². The molecule has 0 amide bonds. The smallest absolute Gasteiger partial charge is 0.374 e. The maximum absolute atomic E-state index is 12.6. The minimum absolute atomic E-state index is 0.126. The number of nitrogens with zero attached hydrogens (tertiary/aromatic N) is 2. The van der Waals surface area contributed by atoms with E-state index < -0.39 is 5.97 Å². The molecule has 148 valence electrons. The van der Waals surface area contributed by atoms with Crippen LogP contribution in [0.15, 0.2) is 51.7 Å². The molecule has 0 aliphatic carbocycles. The standard InChI is InChI=1S/C22H20N2O5/c1-4-27-16-8-9-18-17(11-16)14(3)21(29-18)22(26)28-12-15-10-20(25)24-13(2)6-5-7-19(24)23-15/h5-11H,4,12H2,1-3H3. The van der Waals surface area contributed by atoms with Gasteiger partial charge in [-0.3, -0.25) is 9.20 Å². The molecule has 4 aromatic rings. The number of carbonyl (C=O) groups is 1. The second kappa shape index (κ2) is 7.43. The van der Waals surface area contributed by atoms with Gasteiger partial charge in [0.25, 0.3) is 5.56 Å². The Kier molecular flexibility index (Phi) is 4.80. The summed E-state index contributed by atoms with van der Waals surface area (Å²) < 4.78 is 18.0. The molecule has 3 aromatic heterocycles. The summed E-state index contributed by atoms with van der Waals surface area (Å²) in [5.74, 6) is 0.227. The molecule has 0 atom stereocenters. The highest BCUT2D eigenvalue weighted by atomic mass is 16.5. The van der Waals surface area contributed by atoms with Crippen molar-refractivity contribution in [2.45, 2.75) is 27.4 Å². The van der Waals surface area contributed by atoms with Crippen molar-refractivity contribution in [1.82, 2.24) is 9.38 Å². The molecule has 0 saturated heterocycles. The molecule has 0 saturated carbocycles. The van der Waals surface area contributed by atoms with E-state index in [2.05, 4.69) is 4.98 Å². The number of furan rings is 1. The van der Waals surface area contributed by atoms with Gasteiger partial charge in [0.05, 0.1) is 12.3 Å². The van der Waals surface area contributed by atoms with Gasteiger partial charge >= 0.3 is 5.97 Å². The van der Waals surface area contributed by atoms with E-state index in [0.717, 1.165) is 11.1 Å². The van der Waals surface area contributed by atoms with Crippen molar-refractivity contribution in [1.29, 1.82) is 0 Å². The lowest BCUT2D eigenvalue weighted by Crippen LogP contribution is -2.18. The van der Waals surface area contributed by atoms with Crippen molar-refractivity contribution in [3.63, 3.8) is 0 Å². The minimum atomic E-state index is -0.608. The zero-order valence-corrected chi connectivity index (χ0v) is 16.4. The van der Waals surface area contributed by atoms with E-state index in [4.69, 9.17) is 13.9 Å². The van der Waals surface area contributed by atoms with Crippen molar-refractivity contribution >= 4 is 22.6 Å². The highest BCUT2D eigenvalue weighted by Crippen LogP contribution is 2.29. The summed E-state index contributed by atoms with van der Waals surface area (Å²) in [5, 5.41) is 0.792. The molecule has 0 bridgehead atoms. The number of ether oxygens (including phenoxy) is 2. The summed E-state index contributed by atoms with van der Waals surface area (Å²) >= 11 is 0. The van der Waals surface area contributed by atoms with Crippen LogP contribution in [-0.4, -0.2) is 22.0 Å². The zero-order valence-electron chi connectivity index (χ0n) is 16.4. The number of aryl methyl sites for hydroxylation is 2. The van der Waals surface area contributed by atoms with Crippen molar-refractivity contribution in [3.8, 4) is 5.75 Å². The normalized spacial score (nSPS) is 11.1. The van der Waals surface area contributed by atoms with Gasteiger partial charge in [-0.25, -0.2) is 9.78 Å². The number of rotatable bonds is 5. The minimum Gasteiger partial charge on any atom is -0.494 e. The van der Waals surface area contributed by atoms with Gasteiger partial charge < -0.3 is 13.9 Å². The fourth-order valence-electron chi connectivity index (χ4n) is 3.29. The number of aromatic nitrogens is 2. The third kappa shape index (κ3) is 3.47. The molecular weight excluding hydrogens is 372 g/mol. The summed E-state index contributed by atoms with van der Waals surface area (Å²) in [5.41, 5.74) is 2.70. The van der Waals surface area contributed by atoms with Crippen LogP contribution in [0.1, 0.15) is 34.4 Å². The van der Waals surface area contributed by atoms with Crippen molar-refractivity contribution in [3.05, 3.63) is 75.5 Å². The third-order valence-electron chi connectivity index (χ3n) is 4.69. The van der Waals surface area contributed by atoms with E-state index in [1.807, 2.05) is 32.0 Å². The van der Waals surface area contributed by atoms with E-state index in [9.17, 15) is 9.59 Å². The molecule has 3 heterocycles. The number of esters is 1. The molecule has 7 heteroatoms. The quantitative estimate of drug-likeness (QED) is 0.480. The predicted molar refractivity (Wildman–Crippen MR) is 107 cm³/mol. The monoisotopic (exact) mass is 392 g/mol. The predicted octanol–water partition coefficient (Wildman–Crippen LogP) is 3.81. The summed E-state index contributed by atoms with van der Waals surface area (Å²) in [4.78, 5) is 29.3. The van der Waals surface area contributed by atoms with E-state index >= 15 is 0 Å². The fraction of sp³-hybridized carbons (Fsp3) is 0.227. The Morgan fingerprint density at radius 1 is 1.17 bits per heavy atom. The number of carbonyl (C=O) groups excluding carboxylic acids is 1. The second-order valence-electron chi connectivity index (χ2n) is 6.67. The molecule has 0 aliphatic heterocycles. The Hall–Kier alpha value is -3.61. The number of hydrogen-bond donors (Lipinski definition) is 0. The number of fused-ring (bicyclic) bond motifs is 2.